The van der Waals surface area contributed by atoms with Crippen molar-refractivity contribution in [3.63, 3.8) is 0 Å². The maximum atomic E-state index is 11.4. The molecule has 0 aromatic heterocycles. The molecule has 0 spiro atoms. The molecule has 2 N–H and O–H groups in total. The molecule has 1 aromatic rings. The van der Waals surface area contributed by atoms with Crippen LogP contribution < -0.4 is 10.6 Å². The van der Waals surface area contributed by atoms with E-state index in [1.807, 2.05) is 23.1 Å². The fraction of sp³-hybridized carbons (Fsp3) is 0.467. The minimum atomic E-state index is 0.287. The van der Waals surface area contributed by atoms with Gasteiger partial charge in [-0.15, -0.1) is 0 Å². The Kier molecular flexibility index (Phi) is 5.80. The molecule has 1 fully saturated rings. The van der Waals surface area contributed by atoms with Crippen LogP contribution in [0.15, 0.2) is 30.3 Å². The number of benzene rings is 1. The van der Waals surface area contributed by atoms with Gasteiger partial charge >= 0.3 is 0 Å². The summed E-state index contributed by atoms with van der Waals surface area (Å²) in [5.74, 6) is 0.287. The second-order valence-corrected chi connectivity index (χ2v) is 5.34. The van der Waals surface area contributed by atoms with E-state index in [4.69, 9.17) is 12.2 Å². The lowest BCUT2D eigenvalue weighted by Gasteiger charge is -2.16. The molecule has 5 heteroatoms. The van der Waals surface area contributed by atoms with Crippen LogP contribution in [0.3, 0.4) is 0 Å². The summed E-state index contributed by atoms with van der Waals surface area (Å²) < 4.78 is 0. The fourth-order valence-electron chi connectivity index (χ4n) is 2.25. The number of thiocarbonyl (C=S) groups is 1. The van der Waals surface area contributed by atoms with Crippen LogP contribution in [0.5, 0.6) is 0 Å². The molecule has 0 atom stereocenters. The standard InChI is InChI=1S/C15H21N3OS/c19-14-8-4-10-18(14)11-5-9-16-15(20)17-12-13-6-2-1-3-7-13/h1-3,6-7H,4-5,8-12H2,(H2,16,17,20). The van der Waals surface area contributed by atoms with Crippen LogP contribution in [0.25, 0.3) is 0 Å². The number of likely N-dealkylation sites (tertiary alicyclic amines) is 1. The Balaban J connectivity index is 1.55. The molecule has 1 saturated heterocycles. The van der Waals surface area contributed by atoms with Gasteiger partial charge in [0.25, 0.3) is 0 Å². The van der Waals surface area contributed by atoms with Crippen molar-refractivity contribution in [3.8, 4) is 0 Å². The summed E-state index contributed by atoms with van der Waals surface area (Å²) in [4.78, 5) is 13.4. The number of carbonyl (C=O) groups is 1. The van der Waals surface area contributed by atoms with Crippen molar-refractivity contribution in [2.45, 2.75) is 25.8 Å². The van der Waals surface area contributed by atoms with Gasteiger partial charge in [-0.25, -0.2) is 0 Å². The van der Waals surface area contributed by atoms with E-state index < -0.39 is 0 Å². The summed E-state index contributed by atoms with van der Waals surface area (Å²) in [6.07, 6.45) is 2.65. The molecule has 1 aromatic carbocycles. The highest BCUT2D eigenvalue weighted by Gasteiger charge is 2.18. The van der Waals surface area contributed by atoms with Gasteiger partial charge in [0.2, 0.25) is 5.91 Å². The van der Waals surface area contributed by atoms with Gasteiger partial charge in [-0.3, -0.25) is 4.79 Å². The highest BCUT2D eigenvalue weighted by Crippen LogP contribution is 2.09. The molecule has 1 aliphatic heterocycles. The van der Waals surface area contributed by atoms with Crippen LogP contribution in [0.4, 0.5) is 0 Å². The molecule has 2 rings (SSSR count). The molecule has 108 valence electrons. The average molecular weight is 291 g/mol. The maximum absolute atomic E-state index is 11.4. The number of nitrogens with one attached hydrogen (secondary N) is 2. The lowest BCUT2D eigenvalue weighted by molar-refractivity contribution is -0.127. The van der Waals surface area contributed by atoms with Crippen molar-refractivity contribution in [1.29, 1.82) is 0 Å². The normalized spacial score (nSPS) is 14.4. The highest BCUT2D eigenvalue weighted by atomic mass is 32.1. The van der Waals surface area contributed by atoms with Gasteiger partial charge in [0.1, 0.15) is 0 Å². The largest absolute Gasteiger partial charge is 0.363 e. The zero-order chi connectivity index (χ0) is 14.2. The van der Waals surface area contributed by atoms with Crippen LogP contribution >= 0.6 is 12.2 Å². The SMILES string of the molecule is O=C1CCCN1CCCNC(=S)NCc1ccccc1. The second kappa shape index (κ2) is 7.85. The molecule has 20 heavy (non-hydrogen) atoms. The van der Waals surface area contributed by atoms with E-state index in [1.165, 1.54) is 5.56 Å². The molecular formula is C15H21N3OS. The third-order valence-corrected chi connectivity index (χ3v) is 3.65. The first-order valence-corrected chi connectivity index (χ1v) is 7.50. The van der Waals surface area contributed by atoms with Crippen molar-refractivity contribution in [1.82, 2.24) is 15.5 Å². The van der Waals surface area contributed by atoms with E-state index >= 15 is 0 Å². The minimum absolute atomic E-state index is 0.287. The van der Waals surface area contributed by atoms with Crippen molar-refractivity contribution in [2.24, 2.45) is 0 Å². The number of nitrogens with zero attached hydrogens (tertiary/aromatic N) is 1. The fourth-order valence-corrected chi connectivity index (χ4v) is 2.43. The lowest BCUT2D eigenvalue weighted by atomic mass is 10.2. The Bertz CT molecular complexity index is 450. The Morgan fingerprint density at radius 2 is 2.05 bits per heavy atom. The minimum Gasteiger partial charge on any atom is -0.363 e. The third kappa shape index (κ3) is 4.81. The van der Waals surface area contributed by atoms with Crippen LogP contribution in [0.1, 0.15) is 24.8 Å². The first-order valence-electron chi connectivity index (χ1n) is 7.09. The van der Waals surface area contributed by atoms with E-state index in [2.05, 4.69) is 22.8 Å². The molecule has 1 aliphatic rings. The number of carbonyl (C=O) groups excluding carboxylic acids is 1. The van der Waals surface area contributed by atoms with E-state index in [0.29, 0.717) is 11.5 Å². The van der Waals surface area contributed by atoms with Crippen molar-refractivity contribution < 1.29 is 4.79 Å². The molecule has 0 radical (unpaired) electrons. The summed E-state index contributed by atoms with van der Waals surface area (Å²) in [6, 6.07) is 10.2. The predicted octanol–water partition coefficient (Wildman–Crippen LogP) is 1.66. The molecule has 4 nitrogen and oxygen atoms in total. The van der Waals surface area contributed by atoms with Crippen molar-refractivity contribution in [3.05, 3.63) is 35.9 Å². The van der Waals surface area contributed by atoms with Crippen LogP contribution in [0, 0.1) is 0 Å². The zero-order valence-electron chi connectivity index (χ0n) is 11.6. The van der Waals surface area contributed by atoms with Gasteiger partial charge in [0, 0.05) is 32.6 Å². The monoisotopic (exact) mass is 291 g/mol. The molecule has 1 heterocycles. The Hall–Kier alpha value is -1.62. The van der Waals surface area contributed by atoms with Gasteiger partial charge in [0.15, 0.2) is 5.11 Å². The Labute approximate surface area is 125 Å². The Morgan fingerprint density at radius 1 is 1.25 bits per heavy atom. The highest BCUT2D eigenvalue weighted by molar-refractivity contribution is 7.80. The molecule has 0 bridgehead atoms. The molecule has 0 unspecified atom stereocenters. The van der Waals surface area contributed by atoms with E-state index in [-0.39, 0.29) is 5.91 Å². The van der Waals surface area contributed by atoms with Crippen LogP contribution in [-0.4, -0.2) is 35.6 Å². The summed E-state index contributed by atoms with van der Waals surface area (Å²) in [5.41, 5.74) is 1.21. The Morgan fingerprint density at radius 3 is 2.75 bits per heavy atom. The number of hydrogen-bond acceptors (Lipinski definition) is 2. The average Bonchev–Trinajstić information content (AvgIpc) is 2.88. The smallest absolute Gasteiger partial charge is 0.222 e. The lowest BCUT2D eigenvalue weighted by Crippen LogP contribution is -2.36. The third-order valence-electron chi connectivity index (χ3n) is 3.36. The zero-order valence-corrected chi connectivity index (χ0v) is 12.4. The molecular weight excluding hydrogens is 270 g/mol. The topological polar surface area (TPSA) is 44.4 Å². The van der Waals surface area contributed by atoms with Gasteiger partial charge in [-0.05, 0) is 30.6 Å². The van der Waals surface area contributed by atoms with E-state index in [9.17, 15) is 4.79 Å². The summed E-state index contributed by atoms with van der Waals surface area (Å²) in [6.45, 7) is 3.27. The second-order valence-electron chi connectivity index (χ2n) is 4.93. The van der Waals surface area contributed by atoms with E-state index in [0.717, 1.165) is 39.0 Å². The summed E-state index contributed by atoms with van der Waals surface area (Å²) >= 11 is 5.22. The first kappa shape index (κ1) is 14.8. The van der Waals surface area contributed by atoms with Gasteiger partial charge in [0.05, 0.1) is 0 Å². The number of rotatable bonds is 6. The molecule has 0 saturated carbocycles. The molecule has 0 aliphatic carbocycles. The van der Waals surface area contributed by atoms with Crippen LogP contribution in [-0.2, 0) is 11.3 Å². The number of hydrogen-bond donors (Lipinski definition) is 2. The van der Waals surface area contributed by atoms with Crippen molar-refractivity contribution in [2.75, 3.05) is 19.6 Å². The van der Waals surface area contributed by atoms with Gasteiger partial charge in [-0.1, -0.05) is 30.3 Å². The van der Waals surface area contributed by atoms with Gasteiger partial charge < -0.3 is 15.5 Å². The maximum Gasteiger partial charge on any atom is 0.222 e. The van der Waals surface area contributed by atoms with Crippen LogP contribution in [0.2, 0.25) is 0 Å². The number of amides is 1. The predicted molar refractivity (Wildman–Crippen MR) is 84.3 cm³/mol. The first-order chi connectivity index (χ1) is 9.75. The van der Waals surface area contributed by atoms with Crippen molar-refractivity contribution >= 4 is 23.2 Å². The molecule has 1 amide bonds. The van der Waals surface area contributed by atoms with Gasteiger partial charge in [-0.2, -0.15) is 0 Å². The summed E-state index contributed by atoms with van der Waals surface area (Å²) in [7, 11) is 0. The quantitative estimate of drug-likeness (QED) is 0.618. The summed E-state index contributed by atoms with van der Waals surface area (Å²) in [5, 5.41) is 7.02. The van der Waals surface area contributed by atoms with E-state index in [1.54, 1.807) is 0 Å².